The molecule has 0 atom stereocenters. The van der Waals surface area contributed by atoms with Gasteiger partial charge < -0.3 is 0 Å². The van der Waals surface area contributed by atoms with Crippen molar-refractivity contribution in [2.45, 2.75) is 0 Å². The van der Waals surface area contributed by atoms with E-state index in [1.54, 1.807) is 24.3 Å². The van der Waals surface area contributed by atoms with Gasteiger partial charge in [0.2, 0.25) is 0 Å². The quantitative estimate of drug-likeness (QED) is 0.128. The third-order valence-electron chi connectivity index (χ3n) is 14.5. The van der Waals surface area contributed by atoms with Gasteiger partial charge in [0.25, 0.3) is 23.6 Å². The number of nitrogens with zero attached hydrogens (tertiary/aromatic N) is 2. The van der Waals surface area contributed by atoms with E-state index in [1.165, 1.54) is 9.80 Å². The van der Waals surface area contributed by atoms with Gasteiger partial charge in [-0.05, 0) is 91.0 Å². The Kier molecular flexibility index (Phi) is 11.4. The van der Waals surface area contributed by atoms with Crippen LogP contribution in [0.15, 0.2) is 267 Å². The van der Waals surface area contributed by atoms with E-state index in [-0.39, 0.29) is 0 Å². The molecular weight excluding hydrogens is 933 g/mol. The van der Waals surface area contributed by atoms with E-state index in [0.29, 0.717) is 55.9 Å². The van der Waals surface area contributed by atoms with Crippen molar-refractivity contribution < 1.29 is 19.2 Å². The van der Waals surface area contributed by atoms with E-state index in [2.05, 4.69) is 0 Å². The van der Waals surface area contributed by atoms with Crippen LogP contribution >= 0.6 is 0 Å². The molecule has 4 amide bonds. The normalized spacial score (nSPS) is 12.8. The van der Waals surface area contributed by atoms with Crippen molar-refractivity contribution in [3.05, 3.63) is 289 Å². The van der Waals surface area contributed by atoms with Crippen LogP contribution in [0, 0.1) is 0 Å². The van der Waals surface area contributed by atoms with E-state index in [9.17, 15) is 0 Å². The topological polar surface area (TPSA) is 74.8 Å². The van der Waals surface area contributed by atoms with Crippen molar-refractivity contribution in [1.82, 2.24) is 0 Å². The maximum atomic E-state index is 15.6. The fraction of sp³-hybridized carbons (Fsp3) is 0. The minimum Gasteiger partial charge on any atom is -0.268 e. The smallest absolute Gasteiger partial charge is 0.266 e. The summed E-state index contributed by atoms with van der Waals surface area (Å²) in [5.41, 5.74) is 14.4. The highest BCUT2D eigenvalue weighted by molar-refractivity contribution is 6.41. The van der Waals surface area contributed by atoms with Gasteiger partial charge in [0.1, 0.15) is 0 Å². The van der Waals surface area contributed by atoms with Crippen LogP contribution in [0.3, 0.4) is 0 Å². The molecule has 358 valence electrons. The number of fused-ring (bicyclic) bond motifs is 2. The van der Waals surface area contributed by atoms with E-state index in [1.807, 2.05) is 243 Å². The predicted octanol–water partition coefficient (Wildman–Crippen LogP) is 16.6. The second-order valence-corrected chi connectivity index (χ2v) is 18.8. The van der Waals surface area contributed by atoms with Crippen LogP contribution < -0.4 is 9.80 Å². The van der Waals surface area contributed by atoms with Crippen LogP contribution in [0.5, 0.6) is 0 Å². The van der Waals surface area contributed by atoms with Crippen molar-refractivity contribution in [2.75, 3.05) is 9.80 Å². The number of imide groups is 2. The summed E-state index contributed by atoms with van der Waals surface area (Å²) in [5.74, 6) is -1.93. The first-order valence-electron chi connectivity index (χ1n) is 25.3. The molecule has 6 nitrogen and oxygen atoms in total. The Bertz CT molecular complexity index is 3550. The molecule has 13 rings (SSSR count). The van der Waals surface area contributed by atoms with Crippen LogP contribution in [0.1, 0.15) is 41.4 Å². The minimum absolute atomic E-state index is 0.291. The van der Waals surface area contributed by atoms with Crippen LogP contribution in [-0.2, 0) is 0 Å². The molecule has 0 spiro atoms. The first kappa shape index (κ1) is 45.6. The maximum Gasteiger partial charge on any atom is 0.266 e. The minimum atomic E-state index is -0.483. The summed E-state index contributed by atoms with van der Waals surface area (Å²) in [6.45, 7) is 0. The van der Waals surface area contributed by atoms with E-state index >= 15 is 19.2 Å². The number of carbonyl (C=O) groups excluding carboxylic acids is 4. The molecule has 0 bridgehead atoms. The molecule has 0 aliphatic carbocycles. The molecule has 11 aromatic carbocycles. The molecule has 0 N–H and O–H groups in total. The lowest BCUT2D eigenvalue weighted by atomic mass is 9.78. The van der Waals surface area contributed by atoms with Gasteiger partial charge in [0.15, 0.2) is 0 Å². The molecular formula is C70H44N2O4. The van der Waals surface area contributed by atoms with Crippen LogP contribution in [0.2, 0.25) is 0 Å². The zero-order valence-electron chi connectivity index (χ0n) is 40.9. The third kappa shape index (κ3) is 7.42. The van der Waals surface area contributed by atoms with Gasteiger partial charge >= 0.3 is 0 Å². The number of hydrogen-bond acceptors (Lipinski definition) is 4. The summed E-state index contributed by atoms with van der Waals surface area (Å²) in [5, 5.41) is 0. The summed E-state index contributed by atoms with van der Waals surface area (Å²) in [6.07, 6.45) is 0. The van der Waals surface area contributed by atoms with Crippen LogP contribution in [0.25, 0.3) is 89.0 Å². The second kappa shape index (κ2) is 19.0. The molecule has 2 aliphatic rings. The third-order valence-corrected chi connectivity index (χ3v) is 14.5. The van der Waals surface area contributed by atoms with Gasteiger partial charge in [-0.3, -0.25) is 19.2 Å². The van der Waals surface area contributed by atoms with Crippen molar-refractivity contribution in [1.29, 1.82) is 0 Å². The number of anilines is 2. The molecule has 6 heteroatoms. The summed E-state index contributed by atoms with van der Waals surface area (Å²) in [4.78, 5) is 65.0. The summed E-state index contributed by atoms with van der Waals surface area (Å²) < 4.78 is 0. The highest BCUT2D eigenvalue weighted by Crippen LogP contribution is 2.55. The van der Waals surface area contributed by atoms with Gasteiger partial charge in [-0.25, -0.2) is 9.80 Å². The first-order chi connectivity index (χ1) is 37.5. The standard InChI is InChI=1S/C70H44N2O4/c73-67-63-59(49-33-17-5-18-34-49)55(45-25-9-1-10-26-45)56(46-27-11-2-12-28-46)60(50-35-19-6-20-36-50)64(63)68(74)71(67)53-41-43-54(44-42-53)72-69(75)65-61(51-37-21-7-22-38-51)57(47-29-13-3-14-30-47)58(48-31-15-4-16-32-48)62(66(65)70(72)76)52-39-23-8-24-40-52/h1-44H. The molecule has 76 heavy (non-hydrogen) atoms. The fourth-order valence-electron chi connectivity index (χ4n) is 11.4. The molecule has 0 unspecified atom stereocenters. The zero-order valence-corrected chi connectivity index (χ0v) is 40.9. The van der Waals surface area contributed by atoms with Crippen molar-refractivity contribution >= 4 is 35.0 Å². The molecule has 11 aromatic rings. The van der Waals surface area contributed by atoms with Crippen LogP contribution in [-0.4, -0.2) is 23.6 Å². The zero-order chi connectivity index (χ0) is 51.3. The second-order valence-electron chi connectivity index (χ2n) is 18.8. The van der Waals surface area contributed by atoms with Crippen molar-refractivity contribution in [3.63, 3.8) is 0 Å². The van der Waals surface area contributed by atoms with Crippen molar-refractivity contribution in [2.24, 2.45) is 0 Å². The Hall–Kier alpha value is -10.3. The molecule has 2 heterocycles. The first-order valence-corrected chi connectivity index (χ1v) is 25.3. The largest absolute Gasteiger partial charge is 0.268 e. The number of amides is 4. The highest BCUT2D eigenvalue weighted by Gasteiger charge is 2.46. The van der Waals surface area contributed by atoms with Gasteiger partial charge in [0.05, 0.1) is 33.6 Å². The van der Waals surface area contributed by atoms with Crippen LogP contribution in [0.4, 0.5) is 11.4 Å². The predicted molar refractivity (Wildman–Crippen MR) is 305 cm³/mol. The summed E-state index contributed by atoms with van der Waals surface area (Å²) in [7, 11) is 0. The summed E-state index contributed by atoms with van der Waals surface area (Å²) >= 11 is 0. The fourth-order valence-corrected chi connectivity index (χ4v) is 11.4. The average molecular weight is 977 g/mol. The Morgan fingerprint density at radius 3 is 0.434 bits per heavy atom. The molecule has 0 radical (unpaired) electrons. The Morgan fingerprint density at radius 2 is 0.289 bits per heavy atom. The SMILES string of the molecule is O=C1c2c(c(-c3ccccc3)c(-c3ccccc3)c(-c3ccccc3)c2-c2ccccc2)C(=O)N1c1ccc(N2C(=O)c3c(c(-c4ccccc4)c(-c4ccccc4)c(-c4ccccc4)c3-c3ccccc3)C2=O)cc1. The lowest BCUT2D eigenvalue weighted by Crippen LogP contribution is -2.31. The van der Waals surface area contributed by atoms with Crippen molar-refractivity contribution in [3.8, 4) is 89.0 Å². The monoisotopic (exact) mass is 976 g/mol. The Balaban J connectivity index is 1.00. The molecule has 0 saturated carbocycles. The van der Waals surface area contributed by atoms with E-state index < -0.39 is 23.6 Å². The lowest BCUT2D eigenvalue weighted by Gasteiger charge is -2.23. The van der Waals surface area contributed by atoms with E-state index in [4.69, 9.17) is 0 Å². The number of rotatable bonds is 10. The maximum absolute atomic E-state index is 15.6. The highest BCUT2D eigenvalue weighted by atomic mass is 16.2. The number of hydrogen-bond donors (Lipinski definition) is 0. The number of carbonyl (C=O) groups is 4. The van der Waals surface area contributed by atoms with Gasteiger partial charge in [-0.2, -0.15) is 0 Å². The molecule has 0 aromatic heterocycles. The van der Waals surface area contributed by atoms with E-state index in [0.717, 1.165) is 66.8 Å². The lowest BCUT2D eigenvalue weighted by molar-refractivity contribution is 0.0909. The Morgan fingerprint density at radius 1 is 0.158 bits per heavy atom. The molecule has 0 fully saturated rings. The molecule has 0 saturated heterocycles. The molecule has 2 aliphatic heterocycles. The van der Waals surface area contributed by atoms with Gasteiger partial charge in [0, 0.05) is 22.3 Å². The summed E-state index contributed by atoms with van der Waals surface area (Å²) in [6, 6.07) is 85.9. The van der Waals surface area contributed by atoms with Gasteiger partial charge in [-0.1, -0.05) is 243 Å². The Labute approximate surface area is 440 Å². The number of benzene rings is 11. The van der Waals surface area contributed by atoms with Gasteiger partial charge in [-0.15, -0.1) is 0 Å². The average Bonchev–Trinajstić information content (AvgIpc) is 3.92.